The molecule has 3 rings (SSSR count). The van der Waals surface area contributed by atoms with Crippen molar-refractivity contribution >= 4 is 5.91 Å². The SMILES string of the molecule is N[C@@H](Cc1ccccc1)C(=O)N1CCn2cnnc2C1. The van der Waals surface area contributed by atoms with Crippen LogP contribution >= 0.6 is 0 Å². The maximum Gasteiger partial charge on any atom is 0.240 e. The van der Waals surface area contributed by atoms with Gasteiger partial charge in [0.25, 0.3) is 0 Å². The van der Waals surface area contributed by atoms with Crippen molar-refractivity contribution in [3.63, 3.8) is 0 Å². The van der Waals surface area contributed by atoms with Gasteiger partial charge < -0.3 is 15.2 Å². The van der Waals surface area contributed by atoms with E-state index in [-0.39, 0.29) is 5.91 Å². The number of nitrogens with two attached hydrogens (primary N) is 1. The highest BCUT2D eigenvalue weighted by Gasteiger charge is 2.25. The number of carbonyl (C=O) groups excluding carboxylic acids is 1. The molecule has 0 aliphatic carbocycles. The summed E-state index contributed by atoms with van der Waals surface area (Å²) in [6.07, 6.45) is 2.25. The summed E-state index contributed by atoms with van der Waals surface area (Å²) < 4.78 is 1.96. The average molecular weight is 271 g/mol. The fourth-order valence-electron chi connectivity index (χ4n) is 2.44. The van der Waals surface area contributed by atoms with Crippen LogP contribution in [-0.2, 0) is 24.3 Å². The maximum atomic E-state index is 12.4. The first-order valence-corrected chi connectivity index (χ1v) is 6.69. The standard InChI is InChI=1S/C14H17N5O/c15-12(8-11-4-2-1-3-5-11)14(20)18-6-7-19-10-16-17-13(19)9-18/h1-5,10,12H,6-9,15H2/t12-/m0/s1. The molecule has 1 aliphatic heterocycles. The highest BCUT2D eigenvalue weighted by atomic mass is 16.2. The van der Waals surface area contributed by atoms with Crippen molar-refractivity contribution in [3.05, 3.63) is 48.0 Å². The van der Waals surface area contributed by atoms with Crippen LogP contribution in [0.4, 0.5) is 0 Å². The van der Waals surface area contributed by atoms with Crippen LogP contribution in [0.5, 0.6) is 0 Å². The van der Waals surface area contributed by atoms with Gasteiger partial charge in [-0.2, -0.15) is 0 Å². The molecule has 6 heteroatoms. The minimum atomic E-state index is -0.508. The highest BCUT2D eigenvalue weighted by Crippen LogP contribution is 2.11. The Morgan fingerprint density at radius 2 is 2.10 bits per heavy atom. The van der Waals surface area contributed by atoms with Crippen LogP contribution < -0.4 is 5.73 Å². The quantitative estimate of drug-likeness (QED) is 0.864. The van der Waals surface area contributed by atoms with Gasteiger partial charge >= 0.3 is 0 Å². The first kappa shape index (κ1) is 12.8. The summed E-state index contributed by atoms with van der Waals surface area (Å²) in [5.41, 5.74) is 7.12. The third kappa shape index (κ3) is 2.55. The van der Waals surface area contributed by atoms with E-state index in [4.69, 9.17) is 5.73 Å². The molecule has 0 fully saturated rings. The van der Waals surface area contributed by atoms with Gasteiger partial charge in [0.15, 0.2) is 5.82 Å². The van der Waals surface area contributed by atoms with E-state index < -0.39 is 6.04 Å². The molecule has 1 atom stereocenters. The number of hydrogen-bond donors (Lipinski definition) is 1. The Hall–Kier alpha value is -2.21. The summed E-state index contributed by atoms with van der Waals surface area (Å²) >= 11 is 0. The Labute approximate surface area is 117 Å². The zero-order chi connectivity index (χ0) is 13.9. The van der Waals surface area contributed by atoms with Gasteiger partial charge in [0, 0.05) is 13.1 Å². The first-order valence-electron chi connectivity index (χ1n) is 6.69. The van der Waals surface area contributed by atoms with Crippen LogP contribution in [0.3, 0.4) is 0 Å². The summed E-state index contributed by atoms with van der Waals surface area (Å²) in [4.78, 5) is 14.1. The van der Waals surface area contributed by atoms with E-state index in [1.54, 1.807) is 11.2 Å². The summed E-state index contributed by atoms with van der Waals surface area (Å²) in [5, 5.41) is 7.86. The van der Waals surface area contributed by atoms with Gasteiger partial charge in [0.2, 0.25) is 5.91 Å². The van der Waals surface area contributed by atoms with E-state index in [0.29, 0.717) is 19.5 Å². The molecule has 1 aliphatic rings. The lowest BCUT2D eigenvalue weighted by molar-refractivity contribution is -0.134. The lowest BCUT2D eigenvalue weighted by Crippen LogP contribution is -2.47. The van der Waals surface area contributed by atoms with Crippen molar-refractivity contribution in [2.45, 2.75) is 25.6 Å². The molecule has 0 spiro atoms. The Bertz CT molecular complexity index is 595. The van der Waals surface area contributed by atoms with Crippen LogP contribution in [0, 0.1) is 0 Å². The topological polar surface area (TPSA) is 77.0 Å². The second kappa shape index (κ2) is 5.42. The van der Waals surface area contributed by atoms with E-state index >= 15 is 0 Å². The Morgan fingerprint density at radius 3 is 2.90 bits per heavy atom. The first-order chi connectivity index (χ1) is 9.74. The van der Waals surface area contributed by atoms with Crippen molar-refractivity contribution in [2.75, 3.05) is 6.54 Å². The van der Waals surface area contributed by atoms with E-state index in [0.717, 1.165) is 17.9 Å². The van der Waals surface area contributed by atoms with Crippen molar-refractivity contribution in [3.8, 4) is 0 Å². The largest absolute Gasteiger partial charge is 0.332 e. The number of benzene rings is 1. The van der Waals surface area contributed by atoms with Crippen LogP contribution in [0.1, 0.15) is 11.4 Å². The molecular weight excluding hydrogens is 254 g/mol. The van der Waals surface area contributed by atoms with Crippen LogP contribution in [0.25, 0.3) is 0 Å². The second-order valence-corrected chi connectivity index (χ2v) is 5.00. The molecule has 0 saturated carbocycles. The molecule has 1 aromatic carbocycles. The number of rotatable bonds is 3. The lowest BCUT2D eigenvalue weighted by atomic mass is 10.1. The molecule has 2 aromatic rings. The smallest absolute Gasteiger partial charge is 0.240 e. The van der Waals surface area contributed by atoms with Crippen LogP contribution in [-0.4, -0.2) is 38.2 Å². The summed E-state index contributed by atoms with van der Waals surface area (Å²) in [7, 11) is 0. The minimum Gasteiger partial charge on any atom is -0.332 e. The molecule has 1 amide bonds. The third-order valence-corrected chi connectivity index (χ3v) is 3.57. The zero-order valence-corrected chi connectivity index (χ0v) is 11.1. The Kier molecular flexibility index (Phi) is 3.47. The van der Waals surface area contributed by atoms with Crippen molar-refractivity contribution in [1.82, 2.24) is 19.7 Å². The number of nitrogens with zero attached hydrogens (tertiary/aromatic N) is 4. The van der Waals surface area contributed by atoms with E-state index in [1.165, 1.54) is 0 Å². The van der Waals surface area contributed by atoms with E-state index in [2.05, 4.69) is 10.2 Å². The summed E-state index contributed by atoms with van der Waals surface area (Å²) in [6, 6.07) is 9.33. The lowest BCUT2D eigenvalue weighted by Gasteiger charge is -2.29. The number of aromatic nitrogens is 3. The van der Waals surface area contributed by atoms with E-state index in [1.807, 2.05) is 34.9 Å². The minimum absolute atomic E-state index is 0.0249. The molecule has 6 nitrogen and oxygen atoms in total. The molecule has 20 heavy (non-hydrogen) atoms. The fourth-order valence-corrected chi connectivity index (χ4v) is 2.44. The normalized spacial score (nSPS) is 15.8. The highest BCUT2D eigenvalue weighted by molar-refractivity contribution is 5.82. The molecule has 0 bridgehead atoms. The van der Waals surface area contributed by atoms with Crippen molar-refractivity contribution in [1.29, 1.82) is 0 Å². The van der Waals surface area contributed by atoms with E-state index in [9.17, 15) is 4.79 Å². The fraction of sp³-hybridized carbons (Fsp3) is 0.357. The summed E-state index contributed by atoms with van der Waals surface area (Å²) in [6.45, 7) is 1.87. The predicted octanol–water partition coefficient (Wildman–Crippen LogP) is 0.190. The molecular formula is C14H17N5O. The molecule has 0 saturated heterocycles. The Balaban J connectivity index is 1.64. The van der Waals surface area contributed by atoms with Crippen molar-refractivity contribution in [2.24, 2.45) is 5.73 Å². The number of fused-ring (bicyclic) bond motifs is 1. The Morgan fingerprint density at radius 1 is 1.30 bits per heavy atom. The maximum absolute atomic E-state index is 12.4. The summed E-state index contributed by atoms with van der Waals surface area (Å²) in [5.74, 6) is 0.791. The van der Waals surface area contributed by atoms with Gasteiger partial charge in [-0.1, -0.05) is 30.3 Å². The second-order valence-electron chi connectivity index (χ2n) is 5.00. The molecule has 1 aromatic heterocycles. The average Bonchev–Trinajstić information content (AvgIpc) is 2.94. The van der Waals surface area contributed by atoms with Gasteiger partial charge in [-0.15, -0.1) is 10.2 Å². The van der Waals surface area contributed by atoms with Crippen molar-refractivity contribution < 1.29 is 4.79 Å². The monoisotopic (exact) mass is 271 g/mol. The number of hydrogen-bond acceptors (Lipinski definition) is 4. The molecule has 2 heterocycles. The van der Waals surface area contributed by atoms with Crippen LogP contribution in [0.15, 0.2) is 36.7 Å². The number of carbonyl (C=O) groups is 1. The van der Waals surface area contributed by atoms with Gasteiger partial charge in [-0.3, -0.25) is 4.79 Å². The molecule has 0 unspecified atom stereocenters. The molecule has 0 radical (unpaired) electrons. The van der Waals surface area contributed by atoms with Gasteiger partial charge in [-0.25, -0.2) is 0 Å². The molecule has 2 N–H and O–H groups in total. The third-order valence-electron chi connectivity index (χ3n) is 3.57. The van der Waals surface area contributed by atoms with Gasteiger partial charge in [0.1, 0.15) is 6.33 Å². The number of amides is 1. The predicted molar refractivity (Wildman–Crippen MR) is 73.6 cm³/mol. The zero-order valence-electron chi connectivity index (χ0n) is 11.1. The molecule has 104 valence electrons. The van der Waals surface area contributed by atoms with Gasteiger partial charge in [-0.05, 0) is 12.0 Å². The van der Waals surface area contributed by atoms with Gasteiger partial charge in [0.05, 0.1) is 12.6 Å². The van der Waals surface area contributed by atoms with Crippen LogP contribution in [0.2, 0.25) is 0 Å².